The molecule has 2 aromatic carbocycles. The number of carbonyl (C=O) groups excluding carboxylic acids is 1. The van der Waals surface area contributed by atoms with Gasteiger partial charge in [0, 0.05) is 49.5 Å². The molecule has 0 aliphatic carbocycles. The predicted molar refractivity (Wildman–Crippen MR) is 121 cm³/mol. The topological polar surface area (TPSA) is 68.2 Å². The van der Waals surface area contributed by atoms with Gasteiger partial charge in [0.1, 0.15) is 11.5 Å². The average Bonchev–Trinajstić information content (AvgIpc) is 3.03. The molecule has 1 atom stereocenters. The highest BCUT2D eigenvalue weighted by Crippen LogP contribution is 2.38. The van der Waals surface area contributed by atoms with Crippen molar-refractivity contribution in [3.8, 4) is 0 Å². The van der Waals surface area contributed by atoms with Crippen molar-refractivity contribution in [1.29, 1.82) is 0 Å². The summed E-state index contributed by atoms with van der Waals surface area (Å²) in [4.78, 5) is 16.3. The fraction of sp³-hybridized carbons (Fsp3) is 0.417. The van der Waals surface area contributed by atoms with Gasteiger partial charge in [0.2, 0.25) is 5.91 Å². The van der Waals surface area contributed by atoms with Gasteiger partial charge in [0.15, 0.2) is 0 Å². The van der Waals surface area contributed by atoms with E-state index < -0.39 is 0 Å². The van der Waals surface area contributed by atoms with E-state index in [1.165, 1.54) is 19.1 Å². The second kappa shape index (κ2) is 9.06. The van der Waals surface area contributed by atoms with Gasteiger partial charge in [-0.15, -0.1) is 0 Å². The number of carbonyl (C=O) groups is 1. The van der Waals surface area contributed by atoms with Crippen molar-refractivity contribution >= 4 is 23.0 Å². The van der Waals surface area contributed by atoms with Crippen molar-refractivity contribution in [2.24, 2.45) is 5.16 Å². The Balaban J connectivity index is 1.43. The van der Waals surface area contributed by atoms with Crippen LogP contribution >= 0.6 is 0 Å². The van der Waals surface area contributed by atoms with Crippen LogP contribution in [0, 0.1) is 5.82 Å². The van der Waals surface area contributed by atoms with E-state index in [-0.39, 0.29) is 17.8 Å². The number of hydrogen-bond donors (Lipinski definition) is 2. The van der Waals surface area contributed by atoms with Crippen molar-refractivity contribution in [2.45, 2.75) is 45.2 Å². The normalized spacial score (nSPS) is 20.8. The minimum absolute atomic E-state index is 0.0247. The van der Waals surface area contributed by atoms with E-state index in [1.807, 2.05) is 30.3 Å². The van der Waals surface area contributed by atoms with E-state index in [4.69, 9.17) is 0 Å². The average molecular weight is 425 g/mol. The number of halogens is 1. The number of oxime groups is 1. The Hall–Kier alpha value is -2.93. The summed E-state index contributed by atoms with van der Waals surface area (Å²) in [6, 6.07) is 12.8. The molecule has 0 radical (unpaired) electrons. The largest absolute Gasteiger partial charge is 0.411 e. The Kier molecular flexibility index (Phi) is 6.23. The lowest BCUT2D eigenvalue weighted by Gasteiger charge is -2.40. The number of nitrogens with one attached hydrogen (secondary N) is 1. The number of benzene rings is 2. The van der Waals surface area contributed by atoms with Crippen LogP contribution < -0.4 is 10.2 Å². The molecular weight excluding hydrogens is 395 g/mol. The molecule has 4 rings (SSSR count). The van der Waals surface area contributed by atoms with E-state index in [1.54, 1.807) is 0 Å². The molecule has 7 heteroatoms. The number of amides is 1. The van der Waals surface area contributed by atoms with E-state index in [9.17, 15) is 14.4 Å². The van der Waals surface area contributed by atoms with Crippen molar-refractivity contribution < 1.29 is 14.4 Å². The molecule has 0 saturated carbocycles. The highest BCUT2D eigenvalue weighted by atomic mass is 19.1. The Labute approximate surface area is 182 Å². The Morgan fingerprint density at radius 1 is 1.19 bits per heavy atom. The van der Waals surface area contributed by atoms with Crippen molar-refractivity contribution in [1.82, 2.24) is 4.90 Å². The number of nitrogens with zero attached hydrogens (tertiary/aromatic N) is 3. The number of likely N-dealkylation sites (tertiary alicyclic amines) is 1. The summed E-state index contributed by atoms with van der Waals surface area (Å²) < 4.78 is 13.1. The summed E-state index contributed by atoms with van der Waals surface area (Å²) in [6.45, 7) is 6.49. The molecule has 1 saturated heterocycles. The van der Waals surface area contributed by atoms with Crippen LogP contribution in [0.4, 0.5) is 15.8 Å². The predicted octanol–water partition coefficient (Wildman–Crippen LogP) is 3.88. The molecule has 2 aliphatic rings. The first kappa shape index (κ1) is 21.3. The minimum Gasteiger partial charge on any atom is -0.411 e. The van der Waals surface area contributed by atoms with Crippen molar-refractivity contribution in [3.05, 3.63) is 59.4 Å². The molecule has 0 bridgehead atoms. The molecule has 1 amide bonds. The van der Waals surface area contributed by atoms with Crippen LogP contribution in [0.25, 0.3) is 0 Å². The highest BCUT2D eigenvalue weighted by Gasteiger charge is 2.38. The van der Waals surface area contributed by atoms with Crippen LogP contribution in [0.15, 0.2) is 47.6 Å². The fourth-order valence-corrected chi connectivity index (χ4v) is 4.82. The smallest absolute Gasteiger partial charge is 0.221 e. The molecule has 6 nitrogen and oxygen atoms in total. The summed E-state index contributed by atoms with van der Waals surface area (Å²) in [7, 11) is 0. The van der Waals surface area contributed by atoms with Crippen LogP contribution in [0.5, 0.6) is 0 Å². The highest BCUT2D eigenvalue weighted by molar-refractivity contribution is 6.14. The second-order valence-electron chi connectivity index (χ2n) is 8.43. The molecule has 164 valence electrons. The van der Waals surface area contributed by atoms with E-state index in [2.05, 4.69) is 27.2 Å². The lowest BCUT2D eigenvalue weighted by molar-refractivity contribution is -0.114. The standard InChI is InChI=1S/C24H29FN4O2/c1-16-24(27-31)22-8-7-20(26-17(2)30)15-23(22)29(16)21-10-13-28(14-11-21)12-9-18-3-5-19(25)6-4-18/h3-8,15-16,21,31H,9-14H2,1-2H3,(H,26,30). The van der Waals surface area contributed by atoms with Crippen molar-refractivity contribution in [3.63, 3.8) is 0 Å². The fourth-order valence-electron chi connectivity index (χ4n) is 4.82. The maximum atomic E-state index is 13.1. The zero-order chi connectivity index (χ0) is 22.0. The van der Waals surface area contributed by atoms with Gasteiger partial charge in [0.05, 0.1) is 6.04 Å². The van der Waals surface area contributed by atoms with Gasteiger partial charge >= 0.3 is 0 Å². The van der Waals surface area contributed by atoms with Gasteiger partial charge in [0.25, 0.3) is 0 Å². The molecule has 1 fully saturated rings. The third kappa shape index (κ3) is 4.56. The number of anilines is 2. The van der Waals surface area contributed by atoms with E-state index in [0.717, 1.165) is 61.4 Å². The Morgan fingerprint density at radius 2 is 1.90 bits per heavy atom. The summed E-state index contributed by atoms with van der Waals surface area (Å²) in [6.07, 6.45) is 2.93. The molecule has 0 spiro atoms. The Morgan fingerprint density at radius 3 is 2.55 bits per heavy atom. The van der Waals surface area contributed by atoms with Gasteiger partial charge in [-0.1, -0.05) is 17.3 Å². The summed E-state index contributed by atoms with van der Waals surface area (Å²) in [5, 5.41) is 16.0. The zero-order valence-electron chi connectivity index (χ0n) is 18.0. The number of hydrogen-bond acceptors (Lipinski definition) is 5. The molecule has 1 unspecified atom stereocenters. The van der Waals surface area contributed by atoms with Crippen LogP contribution in [-0.2, 0) is 11.2 Å². The molecule has 31 heavy (non-hydrogen) atoms. The molecule has 0 aromatic heterocycles. The minimum atomic E-state index is -0.197. The quantitative estimate of drug-likeness (QED) is 0.565. The van der Waals surface area contributed by atoms with E-state index in [0.29, 0.717) is 11.8 Å². The van der Waals surface area contributed by atoms with Gasteiger partial charge in [-0.3, -0.25) is 4.79 Å². The molecule has 2 aliphatic heterocycles. The maximum Gasteiger partial charge on any atom is 0.221 e. The molecular formula is C24H29FN4O2. The van der Waals surface area contributed by atoms with Gasteiger partial charge < -0.3 is 20.3 Å². The molecule has 2 aromatic rings. The van der Waals surface area contributed by atoms with Crippen LogP contribution in [0.1, 0.15) is 37.8 Å². The third-order valence-corrected chi connectivity index (χ3v) is 6.37. The van der Waals surface area contributed by atoms with Crippen LogP contribution in [0.3, 0.4) is 0 Å². The monoisotopic (exact) mass is 424 g/mol. The zero-order valence-corrected chi connectivity index (χ0v) is 18.0. The maximum absolute atomic E-state index is 13.1. The van der Waals surface area contributed by atoms with Crippen LogP contribution in [0.2, 0.25) is 0 Å². The SMILES string of the molecule is CC(=O)Nc1ccc2c(c1)N(C1CCN(CCc3ccc(F)cc3)CC1)C(C)C2=NO. The summed E-state index contributed by atoms with van der Waals surface area (Å²) in [5.41, 5.74) is 4.50. The van der Waals surface area contributed by atoms with Gasteiger partial charge in [-0.2, -0.15) is 0 Å². The number of piperidine rings is 1. The Bertz CT molecular complexity index is 968. The van der Waals surface area contributed by atoms with Crippen molar-refractivity contribution in [2.75, 3.05) is 29.9 Å². The number of rotatable bonds is 5. The van der Waals surface area contributed by atoms with Crippen LogP contribution in [-0.4, -0.2) is 53.4 Å². The molecule has 2 N–H and O–H groups in total. The summed E-state index contributed by atoms with van der Waals surface area (Å²) in [5.74, 6) is -0.305. The first-order chi connectivity index (χ1) is 15.0. The van der Waals surface area contributed by atoms with Gasteiger partial charge in [-0.25, -0.2) is 4.39 Å². The number of fused-ring (bicyclic) bond motifs is 1. The lowest BCUT2D eigenvalue weighted by atomic mass is 10.0. The van der Waals surface area contributed by atoms with E-state index >= 15 is 0 Å². The first-order valence-corrected chi connectivity index (χ1v) is 10.9. The third-order valence-electron chi connectivity index (χ3n) is 6.37. The summed E-state index contributed by atoms with van der Waals surface area (Å²) >= 11 is 0. The second-order valence-corrected chi connectivity index (χ2v) is 8.43. The van der Waals surface area contributed by atoms with Gasteiger partial charge in [-0.05, 0) is 62.1 Å². The first-order valence-electron chi connectivity index (χ1n) is 10.9. The lowest BCUT2D eigenvalue weighted by Crippen LogP contribution is -2.48. The molecule has 2 heterocycles.